The quantitative estimate of drug-likeness (QED) is 0.678. The Morgan fingerprint density at radius 3 is 2.52 bits per heavy atom. The molecule has 1 heterocycles. The maximum atomic E-state index is 13.4. The lowest BCUT2D eigenvalue weighted by molar-refractivity contribution is 0.336. The van der Waals surface area contributed by atoms with E-state index >= 15 is 0 Å². The van der Waals surface area contributed by atoms with Gasteiger partial charge in [-0.2, -0.15) is 4.31 Å². The lowest BCUT2D eigenvalue weighted by atomic mass is 10.1. The summed E-state index contributed by atoms with van der Waals surface area (Å²) < 4.78 is 28.3. The van der Waals surface area contributed by atoms with Crippen LogP contribution in [0.1, 0.15) is 22.9 Å². The second kappa shape index (κ2) is 7.00. The third-order valence-corrected chi connectivity index (χ3v) is 6.89. The highest BCUT2D eigenvalue weighted by Crippen LogP contribution is 2.40. The van der Waals surface area contributed by atoms with Gasteiger partial charge in [-0.1, -0.05) is 71.8 Å². The molecule has 4 rings (SSSR count). The predicted octanol–water partition coefficient (Wildman–Crippen LogP) is 4.96. The van der Waals surface area contributed by atoms with Gasteiger partial charge in [-0.15, -0.1) is 0 Å². The Hall–Kier alpha value is -2.34. The van der Waals surface area contributed by atoms with E-state index in [1.165, 1.54) is 4.31 Å². The van der Waals surface area contributed by atoms with Crippen LogP contribution < -0.4 is 5.32 Å². The highest BCUT2D eigenvalue weighted by Gasteiger charge is 2.39. The van der Waals surface area contributed by atoms with E-state index in [-0.39, 0.29) is 11.4 Å². The smallest absolute Gasteiger partial charge is 0.247 e. The van der Waals surface area contributed by atoms with E-state index in [9.17, 15) is 8.42 Å². The molecule has 0 bridgehead atoms. The maximum absolute atomic E-state index is 13.4. The van der Waals surface area contributed by atoms with Crippen LogP contribution in [0.25, 0.3) is 0 Å². The number of benzene rings is 3. The normalized spacial score (nSPS) is 18.5. The summed E-state index contributed by atoms with van der Waals surface area (Å²) in [4.78, 5) is 0.279. The summed E-state index contributed by atoms with van der Waals surface area (Å²) in [6.45, 7) is 2.24. The van der Waals surface area contributed by atoms with Gasteiger partial charge in [0.05, 0.1) is 5.69 Å². The van der Waals surface area contributed by atoms with Crippen molar-refractivity contribution >= 4 is 27.3 Å². The zero-order valence-electron chi connectivity index (χ0n) is 14.8. The molecule has 0 amide bonds. The molecular formula is C21H19ClN2O2S. The first-order valence-electron chi connectivity index (χ1n) is 8.64. The Balaban J connectivity index is 1.86. The number of aryl methyl sites for hydroxylation is 1. The van der Waals surface area contributed by atoms with Crippen molar-refractivity contribution in [1.82, 2.24) is 4.31 Å². The second-order valence-corrected chi connectivity index (χ2v) is 8.87. The van der Waals surface area contributed by atoms with Crippen LogP contribution in [-0.2, 0) is 16.6 Å². The summed E-state index contributed by atoms with van der Waals surface area (Å²) in [7, 11) is -3.70. The van der Waals surface area contributed by atoms with E-state index in [0.29, 0.717) is 10.7 Å². The highest BCUT2D eigenvalue weighted by atomic mass is 35.5. The topological polar surface area (TPSA) is 49.4 Å². The summed E-state index contributed by atoms with van der Waals surface area (Å²) >= 11 is 6.41. The lowest BCUT2D eigenvalue weighted by Gasteiger charge is -2.37. The molecular weight excluding hydrogens is 380 g/mol. The van der Waals surface area contributed by atoms with Gasteiger partial charge in [0.1, 0.15) is 11.1 Å². The molecule has 1 N–H and O–H groups in total. The molecule has 4 nitrogen and oxygen atoms in total. The van der Waals surface area contributed by atoms with Crippen LogP contribution in [0.2, 0.25) is 5.02 Å². The van der Waals surface area contributed by atoms with Gasteiger partial charge >= 0.3 is 0 Å². The maximum Gasteiger partial charge on any atom is 0.247 e. The molecule has 0 saturated carbocycles. The number of fused-ring (bicyclic) bond motifs is 1. The van der Waals surface area contributed by atoms with Crippen LogP contribution in [0.15, 0.2) is 77.7 Å². The predicted molar refractivity (Wildman–Crippen MR) is 108 cm³/mol. The van der Waals surface area contributed by atoms with E-state index < -0.39 is 16.2 Å². The van der Waals surface area contributed by atoms with Crippen LogP contribution >= 0.6 is 11.6 Å². The molecule has 0 aromatic heterocycles. The number of anilines is 1. The van der Waals surface area contributed by atoms with Gasteiger partial charge in [0, 0.05) is 17.1 Å². The van der Waals surface area contributed by atoms with E-state index in [0.717, 1.165) is 16.7 Å². The fourth-order valence-corrected chi connectivity index (χ4v) is 5.30. The zero-order valence-corrected chi connectivity index (χ0v) is 16.3. The van der Waals surface area contributed by atoms with E-state index in [1.54, 1.807) is 24.3 Å². The van der Waals surface area contributed by atoms with Gasteiger partial charge in [0.25, 0.3) is 0 Å². The van der Waals surface area contributed by atoms with Crippen molar-refractivity contribution in [2.45, 2.75) is 24.5 Å². The molecule has 0 saturated heterocycles. The Morgan fingerprint density at radius 2 is 1.74 bits per heavy atom. The summed E-state index contributed by atoms with van der Waals surface area (Å²) in [5.41, 5.74) is 3.33. The van der Waals surface area contributed by atoms with Crippen LogP contribution in [0.3, 0.4) is 0 Å². The molecule has 1 atom stereocenters. The molecule has 0 spiro atoms. The van der Waals surface area contributed by atoms with Gasteiger partial charge in [-0.25, -0.2) is 8.42 Å². The summed E-state index contributed by atoms with van der Waals surface area (Å²) in [6, 6.07) is 22.2. The van der Waals surface area contributed by atoms with E-state index in [1.807, 2.05) is 55.5 Å². The molecule has 138 valence electrons. The number of halogens is 1. The minimum atomic E-state index is -3.70. The van der Waals surface area contributed by atoms with E-state index in [2.05, 4.69) is 5.32 Å². The van der Waals surface area contributed by atoms with Crippen molar-refractivity contribution in [2.24, 2.45) is 0 Å². The minimum Gasteiger partial charge on any atom is -0.364 e. The largest absolute Gasteiger partial charge is 0.364 e. The van der Waals surface area contributed by atoms with Gasteiger partial charge in [0.15, 0.2) is 0 Å². The van der Waals surface area contributed by atoms with E-state index in [4.69, 9.17) is 11.6 Å². The molecule has 0 fully saturated rings. The average Bonchev–Trinajstić information content (AvgIpc) is 2.65. The lowest BCUT2D eigenvalue weighted by Crippen LogP contribution is -2.42. The molecule has 3 aromatic carbocycles. The fraction of sp³-hybridized carbons (Fsp3) is 0.143. The number of nitrogens with one attached hydrogen (secondary N) is 1. The molecule has 1 unspecified atom stereocenters. The summed E-state index contributed by atoms with van der Waals surface area (Å²) in [5.74, 6) is 0. The van der Waals surface area contributed by atoms with Gasteiger partial charge in [-0.05, 0) is 30.7 Å². The van der Waals surface area contributed by atoms with Crippen molar-refractivity contribution in [2.75, 3.05) is 5.32 Å². The number of nitrogens with zero attached hydrogens (tertiary/aromatic N) is 1. The Bertz CT molecular complexity index is 1100. The third-order valence-electron chi connectivity index (χ3n) is 4.67. The molecule has 1 aliphatic heterocycles. The molecule has 0 radical (unpaired) electrons. The first kappa shape index (κ1) is 18.0. The van der Waals surface area contributed by atoms with Gasteiger partial charge < -0.3 is 5.32 Å². The van der Waals surface area contributed by atoms with Crippen LogP contribution in [0.5, 0.6) is 0 Å². The van der Waals surface area contributed by atoms with Crippen LogP contribution in [-0.4, -0.2) is 12.7 Å². The fourth-order valence-electron chi connectivity index (χ4n) is 3.39. The highest BCUT2D eigenvalue weighted by molar-refractivity contribution is 7.89. The monoisotopic (exact) mass is 398 g/mol. The van der Waals surface area contributed by atoms with Crippen LogP contribution in [0, 0.1) is 6.92 Å². The SMILES string of the molecule is Cc1cccc(CN2C(c3ccccc3Cl)Nc3ccccc3S2(=O)=O)c1. The van der Waals surface area contributed by atoms with Gasteiger partial charge in [-0.3, -0.25) is 0 Å². The standard InChI is InChI=1S/C21H19ClN2O2S/c1-15-7-6-8-16(13-15)14-24-21(17-9-2-3-10-18(17)22)23-19-11-4-5-12-20(19)27(24,25)26/h2-13,21,23H,14H2,1H3. The first-order chi connectivity index (χ1) is 13.0. The van der Waals surface area contributed by atoms with Crippen molar-refractivity contribution < 1.29 is 8.42 Å². The molecule has 1 aliphatic rings. The van der Waals surface area contributed by atoms with Crippen molar-refractivity contribution in [3.05, 3.63) is 94.5 Å². The second-order valence-electron chi connectivity index (χ2n) is 6.60. The Kier molecular flexibility index (Phi) is 4.68. The number of para-hydroxylation sites is 1. The molecule has 0 aliphatic carbocycles. The number of sulfonamides is 1. The minimum absolute atomic E-state index is 0.251. The Labute approximate surface area is 164 Å². The Morgan fingerprint density at radius 1 is 1.00 bits per heavy atom. The third kappa shape index (κ3) is 3.34. The molecule has 3 aromatic rings. The first-order valence-corrected chi connectivity index (χ1v) is 10.5. The number of hydrogen-bond acceptors (Lipinski definition) is 3. The average molecular weight is 399 g/mol. The van der Waals surface area contributed by atoms with Crippen molar-refractivity contribution in [3.8, 4) is 0 Å². The summed E-state index contributed by atoms with van der Waals surface area (Å²) in [5, 5.41) is 3.88. The van der Waals surface area contributed by atoms with Gasteiger partial charge in [0.2, 0.25) is 10.0 Å². The number of rotatable bonds is 3. The van der Waals surface area contributed by atoms with Crippen molar-refractivity contribution in [3.63, 3.8) is 0 Å². The van der Waals surface area contributed by atoms with Crippen LogP contribution in [0.4, 0.5) is 5.69 Å². The van der Waals surface area contributed by atoms with Crippen molar-refractivity contribution in [1.29, 1.82) is 0 Å². The number of hydrogen-bond donors (Lipinski definition) is 1. The molecule has 6 heteroatoms. The molecule has 27 heavy (non-hydrogen) atoms. The summed E-state index contributed by atoms with van der Waals surface area (Å²) in [6.07, 6.45) is -0.584. The zero-order chi connectivity index (χ0) is 19.0.